The molecule has 0 radical (unpaired) electrons. The Hall–Kier alpha value is -3.22. The Labute approximate surface area is 170 Å². The zero-order valence-electron chi connectivity index (χ0n) is 16.3. The minimum absolute atomic E-state index is 0.0179. The second-order valence-corrected chi connectivity index (χ2v) is 8.27. The van der Waals surface area contributed by atoms with Gasteiger partial charge in [-0.05, 0) is 48.9 Å². The average Bonchev–Trinajstić information content (AvgIpc) is 2.67. The lowest BCUT2D eigenvalue weighted by Gasteiger charge is -2.22. The number of likely N-dealkylation sites (N-methyl/N-ethyl adjacent to an activating group) is 1. The van der Waals surface area contributed by atoms with Crippen LogP contribution in [0.3, 0.4) is 0 Å². The van der Waals surface area contributed by atoms with E-state index in [0.717, 1.165) is 5.56 Å². The summed E-state index contributed by atoms with van der Waals surface area (Å²) in [6, 6.07) is 13.5. The Morgan fingerprint density at radius 1 is 1.17 bits per heavy atom. The number of hydrogen-bond donors (Lipinski definition) is 2. The highest BCUT2D eigenvalue weighted by Crippen LogP contribution is 2.15. The van der Waals surface area contributed by atoms with E-state index in [9.17, 15) is 18.0 Å². The molecule has 9 heteroatoms. The Morgan fingerprint density at radius 3 is 2.41 bits per heavy atom. The van der Waals surface area contributed by atoms with Crippen molar-refractivity contribution < 1.29 is 18.0 Å². The number of nitriles is 1. The molecule has 8 nitrogen and oxygen atoms in total. The summed E-state index contributed by atoms with van der Waals surface area (Å²) in [5.41, 5.74) is 1.73. The molecule has 0 aliphatic rings. The Balaban J connectivity index is 2.04. The highest BCUT2D eigenvalue weighted by Gasteiger charge is 2.24. The van der Waals surface area contributed by atoms with Gasteiger partial charge in [-0.2, -0.15) is 9.98 Å². The zero-order valence-corrected chi connectivity index (χ0v) is 17.2. The molecule has 1 atom stereocenters. The van der Waals surface area contributed by atoms with Gasteiger partial charge in [-0.1, -0.05) is 12.1 Å². The summed E-state index contributed by atoms with van der Waals surface area (Å²) < 4.78 is 27.4. The number of sulfonamides is 1. The molecule has 0 spiro atoms. The van der Waals surface area contributed by atoms with E-state index in [1.807, 2.05) is 6.07 Å². The van der Waals surface area contributed by atoms with Crippen LogP contribution in [-0.2, 0) is 26.2 Å². The summed E-state index contributed by atoms with van der Waals surface area (Å²) in [5.74, 6) is -0.674. The predicted octanol–water partition coefficient (Wildman–Crippen LogP) is 1.84. The topological polar surface area (TPSA) is 119 Å². The third kappa shape index (κ3) is 6.14. The number of hydrogen-bond acceptors (Lipinski definition) is 5. The normalized spacial score (nSPS) is 11.9. The van der Waals surface area contributed by atoms with E-state index in [-0.39, 0.29) is 17.3 Å². The third-order valence-corrected chi connectivity index (χ3v) is 5.60. The van der Waals surface area contributed by atoms with Crippen LogP contribution in [0.25, 0.3) is 0 Å². The van der Waals surface area contributed by atoms with E-state index in [2.05, 4.69) is 10.0 Å². The lowest BCUT2D eigenvalue weighted by Crippen LogP contribution is -2.45. The first-order chi connectivity index (χ1) is 13.6. The van der Waals surface area contributed by atoms with Gasteiger partial charge in [0.1, 0.15) is 0 Å². The van der Waals surface area contributed by atoms with Crippen molar-refractivity contribution in [2.45, 2.75) is 31.3 Å². The van der Waals surface area contributed by atoms with Crippen molar-refractivity contribution in [2.75, 3.05) is 12.4 Å². The lowest BCUT2D eigenvalue weighted by atomic mass is 10.1. The molecular formula is C20H22N4O4S. The second kappa shape index (κ2) is 9.32. The fourth-order valence-corrected chi connectivity index (χ4v) is 3.89. The van der Waals surface area contributed by atoms with Gasteiger partial charge in [-0.25, -0.2) is 8.42 Å². The predicted molar refractivity (Wildman–Crippen MR) is 108 cm³/mol. The number of benzene rings is 2. The smallest absolute Gasteiger partial charge is 0.241 e. The molecule has 2 aromatic rings. The maximum absolute atomic E-state index is 12.6. The van der Waals surface area contributed by atoms with E-state index in [4.69, 9.17) is 5.26 Å². The molecule has 152 valence electrons. The number of amides is 2. The Kier molecular flexibility index (Phi) is 7.09. The number of nitrogens with one attached hydrogen (secondary N) is 2. The lowest BCUT2D eigenvalue weighted by molar-refractivity contribution is -0.131. The monoisotopic (exact) mass is 414 g/mol. The van der Waals surface area contributed by atoms with Gasteiger partial charge in [0, 0.05) is 26.2 Å². The highest BCUT2D eigenvalue weighted by molar-refractivity contribution is 7.89. The van der Waals surface area contributed by atoms with E-state index in [1.54, 1.807) is 31.3 Å². The molecule has 0 aliphatic heterocycles. The molecule has 2 rings (SSSR count). The van der Waals surface area contributed by atoms with Crippen LogP contribution in [0.4, 0.5) is 5.69 Å². The summed E-state index contributed by atoms with van der Waals surface area (Å²) in [4.78, 5) is 25.0. The zero-order chi connectivity index (χ0) is 21.6. The summed E-state index contributed by atoms with van der Waals surface area (Å²) in [6.45, 7) is 3.06. The van der Waals surface area contributed by atoms with Gasteiger partial charge < -0.3 is 10.2 Å². The Bertz CT molecular complexity index is 1040. The maximum atomic E-state index is 12.6. The fraction of sp³-hybridized carbons (Fsp3) is 0.250. The highest BCUT2D eigenvalue weighted by atomic mass is 32.2. The van der Waals surface area contributed by atoms with Crippen molar-refractivity contribution in [3.8, 4) is 6.07 Å². The van der Waals surface area contributed by atoms with Crippen LogP contribution in [0.5, 0.6) is 0 Å². The van der Waals surface area contributed by atoms with Gasteiger partial charge in [0.15, 0.2) is 0 Å². The number of anilines is 1. The van der Waals surface area contributed by atoms with Crippen LogP contribution in [-0.4, -0.2) is 38.2 Å². The van der Waals surface area contributed by atoms with Gasteiger partial charge in [0.2, 0.25) is 21.8 Å². The molecule has 0 aliphatic carbocycles. The van der Waals surface area contributed by atoms with Crippen molar-refractivity contribution in [3.63, 3.8) is 0 Å². The molecule has 0 heterocycles. The van der Waals surface area contributed by atoms with Crippen LogP contribution in [0.15, 0.2) is 53.4 Å². The Morgan fingerprint density at radius 2 is 1.83 bits per heavy atom. The van der Waals surface area contributed by atoms with Crippen molar-refractivity contribution in [3.05, 3.63) is 59.7 Å². The summed E-state index contributed by atoms with van der Waals surface area (Å²) >= 11 is 0. The molecule has 2 N–H and O–H groups in total. The van der Waals surface area contributed by atoms with Gasteiger partial charge in [-0.15, -0.1) is 0 Å². The molecule has 29 heavy (non-hydrogen) atoms. The average molecular weight is 414 g/mol. The molecule has 0 unspecified atom stereocenters. The molecule has 2 amide bonds. The van der Waals surface area contributed by atoms with E-state index < -0.39 is 22.0 Å². The summed E-state index contributed by atoms with van der Waals surface area (Å²) in [6.07, 6.45) is 0. The molecular weight excluding hydrogens is 392 g/mol. The minimum Gasteiger partial charge on any atom is -0.340 e. The van der Waals surface area contributed by atoms with Crippen molar-refractivity contribution >= 4 is 27.5 Å². The SMILES string of the molecule is CC(=O)Nc1ccc(S(=O)(=O)N[C@@H](C)C(=O)N(C)Cc2cccc(C#N)c2)cc1. The summed E-state index contributed by atoms with van der Waals surface area (Å²) in [7, 11) is -2.36. The fourth-order valence-electron chi connectivity index (χ4n) is 2.69. The van der Waals surface area contributed by atoms with E-state index in [0.29, 0.717) is 11.3 Å². The standard InChI is InChI=1S/C20H22N4O4S/c1-14(20(26)24(3)13-17-6-4-5-16(11-17)12-21)23-29(27,28)19-9-7-18(8-10-19)22-15(2)25/h4-11,14,23H,13H2,1-3H3,(H,22,25)/t14-/m0/s1. The second-order valence-electron chi connectivity index (χ2n) is 6.56. The van der Waals surface area contributed by atoms with Crippen LogP contribution in [0.2, 0.25) is 0 Å². The van der Waals surface area contributed by atoms with Crippen molar-refractivity contribution in [2.24, 2.45) is 0 Å². The van der Waals surface area contributed by atoms with Crippen molar-refractivity contribution in [1.29, 1.82) is 5.26 Å². The van der Waals surface area contributed by atoms with Gasteiger partial charge in [0.05, 0.1) is 22.6 Å². The molecule has 0 saturated heterocycles. The van der Waals surface area contributed by atoms with Gasteiger partial charge in [0.25, 0.3) is 0 Å². The van der Waals surface area contributed by atoms with E-state index in [1.165, 1.54) is 43.0 Å². The number of carbonyl (C=O) groups is 2. The molecule has 0 fully saturated rings. The van der Waals surface area contributed by atoms with Crippen molar-refractivity contribution in [1.82, 2.24) is 9.62 Å². The maximum Gasteiger partial charge on any atom is 0.241 e. The summed E-state index contributed by atoms with van der Waals surface area (Å²) in [5, 5.41) is 11.5. The number of rotatable bonds is 7. The molecule has 0 bridgehead atoms. The van der Waals surface area contributed by atoms with Gasteiger partial charge >= 0.3 is 0 Å². The van der Waals surface area contributed by atoms with Crippen LogP contribution in [0.1, 0.15) is 25.0 Å². The van der Waals surface area contributed by atoms with Gasteiger partial charge in [-0.3, -0.25) is 9.59 Å². The largest absolute Gasteiger partial charge is 0.340 e. The van der Waals surface area contributed by atoms with Crippen LogP contribution in [0, 0.1) is 11.3 Å². The first kappa shape index (κ1) is 22.1. The number of carbonyl (C=O) groups excluding carboxylic acids is 2. The molecule has 0 saturated carbocycles. The third-order valence-electron chi connectivity index (χ3n) is 4.04. The first-order valence-corrected chi connectivity index (χ1v) is 10.2. The minimum atomic E-state index is -3.92. The first-order valence-electron chi connectivity index (χ1n) is 8.76. The number of nitrogens with zero attached hydrogens (tertiary/aromatic N) is 2. The van der Waals surface area contributed by atoms with Crippen LogP contribution >= 0.6 is 0 Å². The molecule has 0 aromatic heterocycles. The van der Waals surface area contributed by atoms with E-state index >= 15 is 0 Å². The quantitative estimate of drug-likeness (QED) is 0.716. The van der Waals surface area contributed by atoms with Crippen LogP contribution < -0.4 is 10.0 Å². The molecule has 2 aromatic carbocycles.